The molecule has 0 aliphatic carbocycles. The number of nitrogens with one attached hydrogen (secondary N) is 1. The van der Waals surface area contributed by atoms with Crippen LogP contribution >= 0.6 is 0 Å². The molecule has 0 bridgehead atoms. The predicted octanol–water partition coefficient (Wildman–Crippen LogP) is 3.82. The summed E-state index contributed by atoms with van der Waals surface area (Å²) in [5.41, 5.74) is 2.54. The molecule has 0 unspecified atom stereocenters. The zero-order chi connectivity index (χ0) is 15.1. The molecule has 2 rings (SSSR count). The van der Waals surface area contributed by atoms with E-state index in [1.807, 2.05) is 42.5 Å². The Morgan fingerprint density at radius 1 is 1.14 bits per heavy atom. The van der Waals surface area contributed by atoms with E-state index in [4.69, 9.17) is 0 Å². The van der Waals surface area contributed by atoms with Crippen molar-refractivity contribution in [1.29, 1.82) is 0 Å². The number of nitrogens with zero attached hydrogens (tertiary/aromatic N) is 2. The summed E-state index contributed by atoms with van der Waals surface area (Å²) in [6.07, 6.45) is 1.58. The maximum atomic E-state index is 11.9. The maximum Gasteiger partial charge on any atom is 0.251 e. The van der Waals surface area contributed by atoms with E-state index in [1.165, 1.54) is 0 Å². The summed E-state index contributed by atoms with van der Waals surface area (Å²) < 4.78 is 0. The molecule has 0 heterocycles. The predicted molar refractivity (Wildman–Crippen MR) is 93.0 cm³/mol. The minimum Gasteiger partial charge on any atom is -0.348 e. The van der Waals surface area contributed by atoms with Gasteiger partial charge in [0.25, 0.3) is 5.91 Å². The Kier molecular flexibility index (Phi) is 6.57. The first-order chi connectivity index (χ1) is 10.2. The maximum absolute atomic E-state index is 11.9. The molecule has 4 nitrogen and oxygen atoms in total. The molecule has 0 aromatic heterocycles. The highest BCUT2D eigenvalue weighted by Gasteiger charge is 2.04. The third-order valence-corrected chi connectivity index (χ3v) is 3.02. The van der Waals surface area contributed by atoms with Crippen LogP contribution in [0.1, 0.15) is 23.3 Å². The summed E-state index contributed by atoms with van der Waals surface area (Å²) in [4.78, 5) is 11.9. The fraction of sp³-hybridized carbons (Fsp3) is 0.111. The van der Waals surface area contributed by atoms with Crippen molar-refractivity contribution < 1.29 is 4.79 Å². The van der Waals surface area contributed by atoms with Gasteiger partial charge in [-0.05, 0) is 29.8 Å². The number of hydrogen-bond acceptors (Lipinski definition) is 3. The van der Waals surface area contributed by atoms with Crippen molar-refractivity contribution in [2.45, 2.75) is 14.0 Å². The van der Waals surface area contributed by atoms with Gasteiger partial charge in [0.2, 0.25) is 0 Å². The molecule has 114 valence electrons. The van der Waals surface area contributed by atoms with Gasteiger partial charge in [-0.2, -0.15) is 5.10 Å². The number of hydrogen-bond donors (Lipinski definition) is 1. The fourth-order valence-electron chi connectivity index (χ4n) is 1.89. The highest BCUT2D eigenvalue weighted by molar-refractivity contribution is 5.94. The Hall–Kier alpha value is -2.88. The Bertz CT molecular complexity index is 613. The van der Waals surface area contributed by atoms with Crippen LogP contribution in [-0.2, 0) is 6.54 Å². The van der Waals surface area contributed by atoms with Crippen molar-refractivity contribution in [2.24, 2.45) is 5.10 Å². The Balaban J connectivity index is 0.00000242. The van der Waals surface area contributed by atoms with E-state index in [-0.39, 0.29) is 13.3 Å². The van der Waals surface area contributed by atoms with Crippen molar-refractivity contribution in [1.82, 2.24) is 5.32 Å². The molecule has 4 heteroatoms. The minimum absolute atomic E-state index is 0. The zero-order valence-corrected chi connectivity index (χ0v) is 11.7. The average Bonchev–Trinajstić information content (AvgIpc) is 2.55. The number of anilines is 1. The number of carbonyl (C=O) groups excluding carboxylic acids is 1. The number of hydrazone groups is 1. The Labute approximate surface area is 131 Å². The van der Waals surface area contributed by atoms with Gasteiger partial charge < -0.3 is 5.32 Å². The first-order valence-electron chi connectivity index (χ1n) is 6.55. The summed E-state index contributed by atoms with van der Waals surface area (Å²) in [7, 11) is 0. The third kappa shape index (κ3) is 4.31. The topological polar surface area (TPSA) is 44.7 Å². The van der Waals surface area contributed by atoms with Gasteiger partial charge in [-0.3, -0.25) is 4.79 Å². The molecule has 0 fully saturated rings. The van der Waals surface area contributed by atoms with Crippen LogP contribution in [-0.4, -0.2) is 12.6 Å². The SMILES string of the molecule is C.C=CN(N=C)c1ccc(CNC(=O)c2ccccc2)cc1. The molecular formula is C18H21N3O. The number of benzene rings is 2. The van der Waals surface area contributed by atoms with Crippen LogP contribution in [0.4, 0.5) is 5.69 Å². The van der Waals surface area contributed by atoms with Gasteiger partial charge in [-0.15, -0.1) is 0 Å². The van der Waals surface area contributed by atoms with E-state index in [2.05, 4.69) is 23.7 Å². The Morgan fingerprint density at radius 3 is 2.32 bits per heavy atom. The lowest BCUT2D eigenvalue weighted by Gasteiger charge is -2.13. The smallest absolute Gasteiger partial charge is 0.251 e. The van der Waals surface area contributed by atoms with Crippen LogP contribution in [0.3, 0.4) is 0 Å². The third-order valence-electron chi connectivity index (χ3n) is 3.02. The van der Waals surface area contributed by atoms with Gasteiger partial charge in [-0.1, -0.05) is 44.3 Å². The van der Waals surface area contributed by atoms with Crippen molar-refractivity contribution in [3.63, 3.8) is 0 Å². The second-order valence-corrected chi connectivity index (χ2v) is 4.38. The fourth-order valence-corrected chi connectivity index (χ4v) is 1.89. The first kappa shape index (κ1) is 17.2. The van der Waals surface area contributed by atoms with Crippen molar-refractivity contribution in [3.8, 4) is 0 Å². The van der Waals surface area contributed by atoms with Crippen molar-refractivity contribution in [3.05, 3.63) is 78.5 Å². The van der Waals surface area contributed by atoms with Crippen molar-refractivity contribution >= 4 is 18.3 Å². The molecule has 0 aliphatic rings. The summed E-state index contributed by atoms with van der Waals surface area (Å²) in [6, 6.07) is 16.8. The summed E-state index contributed by atoms with van der Waals surface area (Å²) >= 11 is 0. The molecule has 0 aliphatic heterocycles. The lowest BCUT2D eigenvalue weighted by atomic mass is 10.2. The van der Waals surface area contributed by atoms with Gasteiger partial charge >= 0.3 is 0 Å². The molecule has 2 aromatic carbocycles. The molecule has 2 aromatic rings. The van der Waals surface area contributed by atoms with Crippen LogP contribution in [0.5, 0.6) is 0 Å². The van der Waals surface area contributed by atoms with Crippen LogP contribution in [0, 0.1) is 0 Å². The molecule has 0 spiro atoms. The number of rotatable bonds is 6. The van der Waals surface area contributed by atoms with Gasteiger partial charge in [0, 0.05) is 25.0 Å². The summed E-state index contributed by atoms with van der Waals surface area (Å²) in [5, 5.41) is 8.27. The highest BCUT2D eigenvalue weighted by atomic mass is 16.1. The van der Waals surface area contributed by atoms with E-state index < -0.39 is 0 Å². The molecule has 22 heavy (non-hydrogen) atoms. The zero-order valence-electron chi connectivity index (χ0n) is 11.7. The quantitative estimate of drug-likeness (QED) is 0.650. The van der Waals surface area contributed by atoms with Crippen LogP contribution in [0.2, 0.25) is 0 Å². The molecule has 0 saturated carbocycles. The van der Waals surface area contributed by atoms with Gasteiger partial charge in [0.1, 0.15) is 0 Å². The lowest BCUT2D eigenvalue weighted by Crippen LogP contribution is -2.22. The van der Waals surface area contributed by atoms with Crippen LogP contribution in [0.25, 0.3) is 0 Å². The van der Waals surface area contributed by atoms with E-state index >= 15 is 0 Å². The van der Waals surface area contributed by atoms with Crippen LogP contribution < -0.4 is 10.3 Å². The average molecular weight is 295 g/mol. The van der Waals surface area contributed by atoms with E-state index in [9.17, 15) is 4.79 Å². The standard InChI is InChI=1S/C17H17N3O.CH4/c1-3-20(18-2)16-11-9-14(10-12-16)13-19-17(21)15-7-5-4-6-8-15;/h3-12H,1-2,13H2,(H,19,21);1H4. The molecule has 0 radical (unpaired) electrons. The van der Waals surface area contributed by atoms with Gasteiger partial charge in [0.05, 0.1) is 5.69 Å². The summed E-state index contributed by atoms with van der Waals surface area (Å²) in [5.74, 6) is -0.0832. The second kappa shape index (κ2) is 8.42. The van der Waals surface area contributed by atoms with E-state index in [1.54, 1.807) is 23.3 Å². The molecule has 0 atom stereocenters. The molecule has 0 saturated heterocycles. The van der Waals surface area contributed by atoms with E-state index in [0.29, 0.717) is 12.1 Å². The first-order valence-corrected chi connectivity index (χ1v) is 6.55. The number of amides is 1. The molecule has 1 amide bonds. The largest absolute Gasteiger partial charge is 0.348 e. The normalized spacial score (nSPS) is 9.27. The van der Waals surface area contributed by atoms with Crippen LogP contribution in [0.15, 0.2) is 72.5 Å². The second-order valence-electron chi connectivity index (χ2n) is 4.38. The molecular weight excluding hydrogens is 274 g/mol. The molecule has 1 N–H and O–H groups in total. The Morgan fingerprint density at radius 2 is 1.77 bits per heavy atom. The lowest BCUT2D eigenvalue weighted by molar-refractivity contribution is 0.0951. The van der Waals surface area contributed by atoms with E-state index in [0.717, 1.165) is 11.3 Å². The number of carbonyl (C=O) groups is 1. The highest BCUT2D eigenvalue weighted by Crippen LogP contribution is 2.15. The van der Waals surface area contributed by atoms with Crippen molar-refractivity contribution in [2.75, 3.05) is 5.01 Å². The minimum atomic E-state index is -0.0832. The summed E-state index contributed by atoms with van der Waals surface area (Å²) in [6.45, 7) is 7.61. The monoisotopic (exact) mass is 295 g/mol. The van der Waals surface area contributed by atoms with Gasteiger partial charge in [0.15, 0.2) is 0 Å². The van der Waals surface area contributed by atoms with Gasteiger partial charge in [-0.25, -0.2) is 5.01 Å².